The van der Waals surface area contributed by atoms with Crippen LogP contribution in [0.25, 0.3) is 11.5 Å². The molecule has 0 radical (unpaired) electrons. The Morgan fingerprint density at radius 3 is 2.70 bits per heavy atom. The molecule has 0 saturated heterocycles. The van der Waals surface area contributed by atoms with Crippen molar-refractivity contribution in [2.24, 2.45) is 0 Å². The minimum Gasteiger partial charge on any atom is -0.462 e. The number of pyridine rings is 1. The molecule has 2 aromatic heterocycles. The molecule has 0 amide bonds. The van der Waals surface area contributed by atoms with Crippen LogP contribution in [0.5, 0.6) is 0 Å². The van der Waals surface area contributed by atoms with Crippen molar-refractivity contribution in [2.75, 3.05) is 25.6 Å². The van der Waals surface area contributed by atoms with E-state index in [0.29, 0.717) is 29.5 Å². The molecule has 0 saturated carbocycles. The molecule has 0 fully saturated rings. The summed E-state index contributed by atoms with van der Waals surface area (Å²) in [4.78, 5) is 26.4. The Morgan fingerprint density at radius 2 is 2.10 bits per heavy atom. The molecule has 0 aliphatic heterocycles. The Morgan fingerprint density at radius 1 is 1.30 bits per heavy atom. The van der Waals surface area contributed by atoms with E-state index in [0.717, 1.165) is 0 Å². The van der Waals surface area contributed by atoms with Gasteiger partial charge in [-0.05, 0) is 19.1 Å². The molecule has 0 atom stereocenters. The van der Waals surface area contributed by atoms with Crippen molar-refractivity contribution in [3.63, 3.8) is 0 Å². The highest BCUT2D eigenvalue weighted by molar-refractivity contribution is 5.94. The van der Waals surface area contributed by atoms with Crippen LogP contribution < -0.4 is 4.90 Å². The maximum Gasteiger partial charge on any atom is 0.343 e. The van der Waals surface area contributed by atoms with Gasteiger partial charge >= 0.3 is 5.97 Å². The second kappa shape index (κ2) is 6.10. The first-order valence-corrected chi connectivity index (χ1v) is 6.26. The van der Waals surface area contributed by atoms with E-state index < -0.39 is 5.97 Å². The zero-order valence-electron chi connectivity index (χ0n) is 11.7. The van der Waals surface area contributed by atoms with Crippen LogP contribution in [0.2, 0.25) is 0 Å². The molecular formula is C14H16N4O2. The van der Waals surface area contributed by atoms with Crippen molar-refractivity contribution in [3.05, 3.63) is 36.2 Å². The summed E-state index contributed by atoms with van der Waals surface area (Å²) in [5.74, 6) is 0.560. The number of hydrogen-bond acceptors (Lipinski definition) is 6. The van der Waals surface area contributed by atoms with Crippen LogP contribution >= 0.6 is 0 Å². The molecular weight excluding hydrogens is 256 g/mol. The normalized spacial score (nSPS) is 10.2. The summed E-state index contributed by atoms with van der Waals surface area (Å²) in [6, 6.07) is 5.50. The molecule has 0 aliphatic rings. The molecule has 6 heteroatoms. The maximum absolute atomic E-state index is 11.9. The first-order chi connectivity index (χ1) is 9.63. The molecule has 0 aliphatic carbocycles. The highest BCUT2D eigenvalue weighted by Gasteiger charge is 2.18. The average molecular weight is 272 g/mol. The third kappa shape index (κ3) is 2.90. The van der Waals surface area contributed by atoms with Gasteiger partial charge in [-0.1, -0.05) is 6.07 Å². The highest BCUT2D eigenvalue weighted by Crippen LogP contribution is 2.20. The Kier molecular flexibility index (Phi) is 4.24. The maximum atomic E-state index is 11.9. The van der Waals surface area contributed by atoms with Gasteiger partial charge in [-0.25, -0.2) is 14.8 Å². The van der Waals surface area contributed by atoms with Gasteiger partial charge in [-0.2, -0.15) is 0 Å². The molecule has 104 valence electrons. The van der Waals surface area contributed by atoms with E-state index in [2.05, 4.69) is 15.0 Å². The largest absolute Gasteiger partial charge is 0.462 e. The molecule has 2 aromatic rings. The van der Waals surface area contributed by atoms with Gasteiger partial charge in [0.05, 0.1) is 6.61 Å². The Bertz CT molecular complexity index is 599. The monoisotopic (exact) mass is 272 g/mol. The van der Waals surface area contributed by atoms with Crippen LogP contribution in [0.15, 0.2) is 30.6 Å². The standard InChI is InChI=1S/C14H16N4O2/c1-4-20-14(19)10-9-16-12(17-13(10)18(2)3)11-7-5-6-8-15-11/h5-9H,4H2,1-3H3. The van der Waals surface area contributed by atoms with Gasteiger partial charge < -0.3 is 9.64 Å². The van der Waals surface area contributed by atoms with Gasteiger partial charge in [0.15, 0.2) is 5.82 Å². The van der Waals surface area contributed by atoms with Crippen LogP contribution in [0.1, 0.15) is 17.3 Å². The molecule has 0 aromatic carbocycles. The molecule has 0 N–H and O–H groups in total. The van der Waals surface area contributed by atoms with E-state index in [9.17, 15) is 4.79 Å². The number of carbonyl (C=O) groups is 1. The summed E-state index contributed by atoms with van der Waals surface area (Å²) in [7, 11) is 3.63. The summed E-state index contributed by atoms with van der Waals surface area (Å²) in [5, 5.41) is 0. The van der Waals surface area contributed by atoms with Gasteiger partial charge in [-0.15, -0.1) is 0 Å². The fourth-order valence-electron chi connectivity index (χ4n) is 1.69. The van der Waals surface area contributed by atoms with Crippen molar-refractivity contribution in [3.8, 4) is 11.5 Å². The highest BCUT2D eigenvalue weighted by atomic mass is 16.5. The molecule has 6 nitrogen and oxygen atoms in total. The Hall–Kier alpha value is -2.50. The number of hydrogen-bond donors (Lipinski definition) is 0. The molecule has 20 heavy (non-hydrogen) atoms. The van der Waals surface area contributed by atoms with Crippen LogP contribution in [-0.2, 0) is 4.74 Å². The smallest absolute Gasteiger partial charge is 0.343 e. The molecule has 2 heterocycles. The fraction of sp³-hybridized carbons (Fsp3) is 0.286. The lowest BCUT2D eigenvalue weighted by Crippen LogP contribution is -2.18. The third-order valence-corrected chi connectivity index (χ3v) is 2.58. The van der Waals surface area contributed by atoms with Gasteiger partial charge in [0.1, 0.15) is 17.1 Å². The number of ether oxygens (including phenoxy) is 1. The molecule has 0 spiro atoms. The third-order valence-electron chi connectivity index (χ3n) is 2.58. The Balaban J connectivity index is 2.45. The quantitative estimate of drug-likeness (QED) is 0.790. The van der Waals surface area contributed by atoms with Gasteiger partial charge in [0, 0.05) is 26.5 Å². The predicted molar refractivity (Wildman–Crippen MR) is 75.5 cm³/mol. The lowest BCUT2D eigenvalue weighted by atomic mass is 10.2. The van der Waals surface area contributed by atoms with Crippen LogP contribution in [0, 0.1) is 0 Å². The van der Waals surface area contributed by atoms with E-state index in [1.165, 1.54) is 6.20 Å². The lowest BCUT2D eigenvalue weighted by Gasteiger charge is -2.15. The van der Waals surface area contributed by atoms with E-state index in [-0.39, 0.29) is 0 Å². The number of rotatable bonds is 4. The number of aromatic nitrogens is 3. The van der Waals surface area contributed by atoms with E-state index >= 15 is 0 Å². The average Bonchev–Trinajstić information content (AvgIpc) is 2.47. The number of anilines is 1. The second-order valence-electron chi connectivity index (χ2n) is 4.26. The summed E-state index contributed by atoms with van der Waals surface area (Å²) in [6.45, 7) is 2.07. The zero-order valence-corrected chi connectivity index (χ0v) is 11.7. The van der Waals surface area contributed by atoms with Gasteiger partial charge in [0.2, 0.25) is 0 Å². The second-order valence-corrected chi connectivity index (χ2v) is 4.26. The topological polar surface area (TPSA) is 68.2 Å². The van der Waals surface area contributed by atoms with Gasteiger partial charge in [0.25, 0.3) is 0 Å². The van der Waals surface area contributed by atoms with Crippen LogP contribution in [0.4, 0.5) is 5.82 Å². The number of nitrogens with zero attached hydrogens (tertiary/aromatic N) is 4. The molecule has 0 unspecified atom stereocenters. The SMILES string of the molecule is CCOC(=O)c1cnc(-c2ccccn2)nc1N(C)C. The zero-order chi connectivity index (χ0) is 14.5. The summed E-state index contributed by atoms with van der Waals surface area (Å²) >= 11 is 0. The van der Waals surface area contributed by atoms with E-state index in [4.69, 9.17) is 4.74 Å². The van der Waals surface area contributed by atoms with Crippen LogP contribution in [-0.4, -0.2) is 41.6 Å². The first-order valence-electron chi connectivity index (χ1n) is 6.26. The van der Waals surface area contributed by atoms with Crippen molar-refractivity contribution < 1.29 is 9.53 Å². The van der Waals surface area contributed by atoms with Crippen molar-refractivity contribution in [2.45, 2.75) is 6.92 Å². The number of esters is 1. The summed E-state index contributed by atoms with van der Waals surface area (Å²) in [6.07, 6.45) is 3.15. The van der Waals surface area contributed by atoms with Crippen molar-refractivity contribution in [1.82, 2.24) is 15.0 Å². The summed E-state index contributed by atoms with van der Waals surface area (Å²) < 4.78 is 5.00. The van der Waals surface area contributed by atoms with E-state index in [1.54, 1.807) is 18.0 Å². The first kappa shape index (κ1) is 13.9. The lowest BCUT2D eigenvalue weighted by molar-refractivity contribution is 0.0526. The fourth-order valence-corrected chi connectivity index (χ4v) is 1.69. The molecule has 0 bridgehead atoms. The Labute approximate surface area is 117 Å². The van der Waals surface area contributed by atoms with Crippen LogP contribution in [0.3, 0.4) is 0 Å². The van der Waals surface area contributed by atoms with Crippen molar-refractivity contribution in [1.29, 1.82) is 0 Å². The minimum absolute atomic E-state index is 0.313. The van der Waals surface area contributed by atoms with Crippen molar-refractivity contribution >= 4 is 11.8 Å². The predicted octanol–water partition coefficient (Wildman–Crippen LogP) is 1.78. The minimum atomic E-state index is -0.427. The number of carbonyl (C=O) groups excluding carboxylic acids is 1. The molecule has 2 rings (SSSR count). The van der Waals surface area contributed by atoms with Gasteiger partial charge in [-0.3, -0.25) is 4.98 Å². The summed E-state index contributed by atoms with van der Waals surface area (Å²) in [5.41, 5.74) is 1.00. The van der Waals surface area contributed by atoms with E-state index in [1.807, 2.05) is 32.3 Å².